The Bertz CT molecular complexity index is 1380. The van der Waals surface area contributed by atoms with Gasteiger partial charge in [-0.15, -0.1) is 0 Å². The van der Waals surface area contributed by atoms with Crippen LogP contribution in [-0.2, 0) is 14.6 Å². The van der Waals surface area contributed by atoms with Gasteiger partial charge in [0.1, 0.15) is 30.1 Å². The molecule has 1 saturated carbocycles. The number of fused-ring (bicyclic) bond motifs is 1. The monoisotopic (exact) mass is 539 g/mol. The molecular weight excluding hydrogens is 502 g/mol. The second kappa shape index (κ2) is 10.8. The number of ether oxygens (including phenoxy) is 2. The number of nitrogen functional groups attached to an aromatic ring is 1. The molecule has 2 aliphatic heterocycles. The van der Waals surface area contributed by atoms with Crippen molar-refractivity contribution in [3.8, 4) is 16.9 Å². The number of hydrogen-bond donors (Lipinski definition) is 2. The molecule has 2 saturated heterocycles. The maximum atomic E-state index is 11.9. The van der Waals surface area contributed by atoms with Crippen LogP contribution in [0.3, 0.4) is 0 Å². The number of benzene rings is 1. The fraction of sp³-hybridized carbons (Fsp3) is 0.571. The zero-order chi connectivity index (χ0) is 26.1. The summed E-state index contributed by atoms with van der Waals surface area (Å²) in [7, 11) is -2.95. The van der Waals surface area contributed by atoms with Crippen LogP contribution in [0.1, 0.15) is 57.4 Å². The first-order valence-electron chi connectivity index (χ1n) is 13.8. The number of aromatic nitrogens is 3. The van der Waals surface area contributed by atoms with Gasteiger partial charge < -0.3 is 25.1 Å². The molecule has 0 spiro atoms. The third-order valence-electron chi connectivity index (χ3n) is 8.32. The highest BCUT2D eigenvalue weighted by molar-refractivity contribution is 7.91. The van der Waals surface area contributed by atoms with E-state index in [0.29, 0.717) is 30.1 Å². The average molecular weight is 540 g/mol. The molecule has 0 amide bonds. The van der Waals surface area contributed by atoms with Crippen molar-refractivity contribution in [2.75, 3.05) is 30.6 Å². The highest BCUT2D eigenvalue weighted by Gasteiger charge is 2.34. The molecule has 4 heterocycles. The minimum atomic E-state index is -2.95. The quantitative estimate of drug-likeness (QED) is 0.460. The molecule has 204 valence electrons. The zero-order valence-corrected chi connectivity index (χ0v) is 22.5. The molecular formula is C28H37N5O4S. The van der Waals surface area contributed by atoms with E-state index in [-0.39, 0.29) is 18.0 Å². The first kappa shape index (κ1) is 25.6. The van der Waals surface area contributed by atoms with Gasteiger partial charge >= 0.3 is 0 Å². The van der Waals surface area contributed by atoms with E-state index in [0.717, 1.165) is 79.5 Å². The first-order chi connectivity index (χ1) is 18.4. The zero-order valence-electron chi connectivity index (χ0n) is 21.7. The molecule has 2 unspecified atom stereocenters. The van der Waals surface area contributed by atoms with Gasteiger partial charge in [0.2, 0.25) is 0 Å². The molecule has 2 aromatic heterocycles. The number of nitrogens with one attached hydrogen (secondary N) is 1. The summed E-state index contributed by atoms with van der Waals surface area (Å²) in [4.78, 5) is 8.92. The van der Waals surface area contributed by atoms with E-state index >= 15 is 0 Å². The first-order valence-corrected chi connectivity index (χ1v) is 15.7. The van der Waals surface area contributed by atoms with Crippen LogP contribution in [0.15, 0.2) is 36.8 Å². The van der Waals surface area contributed by atoms with E-state index in [1.165, 1.54) is 12.7 Å². The van der Waals surface area contributed by atoms with Gasteiger partial charge in [-0.05, 0) is 75.0 Å². The molecule has 1 aromatic carbocycles. The summed E-state index contributed by atoms with van der Waals surface area (Å²) in [6.07, 6.45) is 12.0. The van der Waals surface area contributed by atoms with Crippen LogP contribution in [0.4, 0.5) is 5.82 Å². The predicted octanol–water partition coefficient (Wildman–Crippen LogP) is 4.09. The second-order valence-corrected chi connectivity index (χ2v) is 13.3. The number of nitrogens with zero attached hydrogens (tertiary/aromatic N) is 3. The number of hydrogen-bond acceptors (Lipinski definition) is 8. The van der Waals surface area contributed by atoms with Gasteiger partial charge in [0.25, 0.3) is 0 Å². The molecule has 3 aliphatic rings. The van der Waals surface area contributed by atoms with Crippen LogP contribution in [0.5, 0.6) is 5.75 Å². The molecule has 3 N–H and O–H groups in total. The third kappa shape index (κ3) is 5.53. The smallest absolute Gasteiger partial charge is 0.163 e. The highest BCUT2D eigenvalue weighted by atomic mass is 32.2. The maximum absolute atomic E-state index is 11.9. The predicted molar refractivity (Wildman–Crippen MR) is 148 cm³/mol. The molecule has 0 bridgehead atoms. The van der Waals surface area contributed by atoms with Crippen LogP contribution < -0.4 is 15.8 Å². The summed E-state index contributed by atoms with van der Waals surface area (Å²) in [5.41, 5.74) is 9.27. The summed E-state index contributed by atoms with van der Waals surface area (Å²) in [5.74, 6) is 2.26. The summed E-state index contributed by atoms with van der Waals surface area (Å²) in [6, 6.07) is 8.73. The minimum absolute atomic E-state index is 0.103. The Morgan fingerprint density at radius 3 is 2.89 bits per heavy atom. The average Bonchev–Trinajstić information content (AvgIpc) is 3.19. The van der Waals surface area contributed by atoms with E-state index in [1.807, 2.05) is 12.1 Å². The van der Waals surface area contributed by atoms with Crippen molar-refractivity contribution < 1.29 is 17.9 Å². The van der Waals surface area contributed by atoms with Crippen molar-refractivity contribution in [1.82, 2.24) is 19.9 Å². The van der Waals surface area contributed by atoms with Gasteiger partial charge in [0.05, 0.1) is 23.1 Å². The number of sulfone groups is 1. The summed E-state index contributed by atoms with van der Waals surface area (Å²) >= 11 is 0. The molecule has 3 aromatic rings. The molecule has 9 nitrogen and oxygen atoms in total. The molecule has 3 fully saturated rings. The number of anilines is 1. The van der Waals surface area contributed by atoms with Gasteiger partial charge in [0, 0.05) is 30.5 Å². The molecule has 6 rings (SSSR count). The standard InChI is InChI=1S/C28H37N5O4S/c29-27-26-25(20-5-3-8-23(14-20)37-16-24-7-1-2-9-36-24)15-33(28(26)31-17-30-27)22-12-19(13-22)11-21-6-4-10-38(34,35)18-32-21/h3,5,8,14-15,17,19,21-22,24,32H,1-2,4,6-7,9-13,16,18H2,(H2,29,30,31). The van der Waals surface area contributed by atoms with Crippen molar-refractivity contribution in [2.24, 2.45) is 5.92 Å². The normalized spacial score (nSPS) is 27.5. The van der Waals surface area contributed by atoms with Gasteiger partial charge in [-0.2, -0.15) is 0 Å². The molecule has 0 radical (unpaired) electrons. The largest absolute Gasteiger partial charge is 0.491 e. The maximum Gasteiger partial charge on any atom is 0.163 e. The fourth-order valence-corrected chi connectivity index (χ4v) is 7.42. The van der Waals surface area contributed by atoms with Gasteiger partial charge in [-0.3, -0.25) is 0 Å². The Balaban J connectivity index is 1.17. The lowest BCUT2D eigenvalue weighted by Gasteiger charge is -2.38. The van der Waals surface area contributed by atoms with Gasteiger partial charge in [0.15, 0.2) is 9.84 Å². The van der Waals surface area contributed by atoms with Crippen LogP contribution in [0.25, 0.3) is 22.2 Å². The van der Waals surface area contributed by atoms with E-state index in [1.54, 1.807) is 0 Å². The van der Waals surface area contributed by atoms with Gasteiger partial charge in [-0.25, -0.2) is 18.4 Å². The van der Waals surface area contributed by atoms with Gasteiger partial charge in [-0.1, -0.05) is 12.1 Å². The Labute approximate surface area is 224 Å². The van der Waals surface area contributed by atoms with Crippen molar-refractivity contribution in [3.63, 3.8) is 0 Å². The van der Waals surface area contributed by atoms with Crippen LogP contribution in [0.2, 0.25) is 0 Å². The number of rotatable bonds is 7. The van der Waals surface area contributed by atoms with Crippen LogP contribution in [0, 0.1) is 5.92 Å². The second-order valence-electron chi connectivity index (χ2n) is 11.1. The van der Waals surface area contributed by atoms with Crippen molar-refractivity contribution in [2.45, 2.75) is 69.6 Å². The third-order valence-corrected chi connectivity index (χ3v) is 9.83. The van der Waals surface area contributed by atoms with Crippen LogP contribution in [-0.4, -0.2) is 59.9 Å². The molecule has 38 heavy (non-hydrogen) atoms. The lowest BCUT2D eigenvalue weighted by atomic mass is 9.76. The summed E-state index contributed by atoms with van der Waals surface area (Å²) < 4.78 is 38.0. The van der Waals surface area contributed by atoms with Crippen molar-refractivity contribution >= 4 is 26.7 Å². The topological polar surface area (TPSA) is 121 Å². The fourth-order valence-electron chi connectivity index (χ4n) is 6.18. The lowest BCUT2D eigenvalue weighted by molar-refractivity contribution is -0.0110. The minimum Gasteiger partial charge on any atom is -0.491 e. The SMILES string of the molecule is Nc1ncnc2c1c(-c1cccc(OCC3CCCCO3)c1)cn2C1CC(CC2CCCS(=O)(=O)CN2)C1. The highest BCUT2D eigenvalue weighted by Crippen LogP contribution is 2.45. The Morgan fingerprint density at radius 2 is 2.05 bits per heavy atom. The van der Waals surface area contributed by atoms with E-state index in [4.69, 9.17) is 15.2 Å². The Hall–Kier alpha value is -2.69. The summed E-state index contributed by atoms with van der Waals surface area (Å²) in [5, 5.41) is 4.15. The summed E-state index contributed by atoms with van der Waals surface area (Å²) in [6.45, 7) is 1.37. The van der Waals surface area contributed by atoms with Crippen molar-refractivity contribution in [1.29, 1.82) is 0 Å². The Morgan fingerprint density at radius 1 is 1.16 bits per heavy atom. The van der Waals surface area contributed by atoms with E-state index in [9.17, 15) is 8.42 Å². The number of nitrogens with two attached hydrogens (primary N) is 1. The van der Waals surface area contributed by atoms with Crippen LogP contribution >= 0.6 is 0 Å². The Kier molecular flexibility index (Phi) is 7.29. The lowest BCUT2D eigenvalue weighted by Crippen LogP contribution is -2.36. The van der Waals surface area contributed by atoms with E-state index in [2.05, 4.69) is 38.2 Å². The molecule has 10 heteroatoms. The van der Waals surface area contributed by atoms with Crippen molar-refractivity contribution in [3.05, 3.63) is 36.8 Å². The molecule has 2 atom stereocenters. The molecule has 1 aliphatic carbocycles. The van der Waals surface area contributed by atoms with E-state index < -0.39 is 9.84 Å².